The summed E-state index contributed by atoms with van der Waals surface area (Å²) in [5.41, 5.74) is 2.98. The van der Waals surface area contributed by atoms with Crippen molar-refractivity contribution in [3.05, 3.63) is 78.0 Å². The van der Waals surface area contributed by atoms with Crippen molar-refractivity contribution in [3.8, 4) is 11.1 Å². The Kier molecular flexibility index (Phi) is 4.23. The predicted octanol–water partition coefficient (Wildman–Crippen LogP) is 3.67. The van der Waals surface area contributed by atoms with Crippen molar-refractivity contribution in [2.45, 2.75) is 23.6 Å². The molecule has 3 heterocycles. The Morgan fingerprint density at radius 3 is 2.57 bits per heavy atom. The first-order valence-corrected chi connectivity index (χ1v) is 11.3. The Morgan fingerprint density at radius 1 is 1.13 bits per heavy atom. The summed E-state index contributed by atoms with van der Waals surface area (Å²) >= 11 is 0. The molecule has 4 aromatic rings. The number of aliphatic hydroxyl groups excluding tert-OH is 1. The normalized spacial score (nSPS) is 18.6. The third-order valence-corrected chi connectivity index (χ3v) is 6.47. The van der Waals surface area contributed by atoms with Gasteiger partial charge >= 0.3 is 0 Å². The summed E-state index contributed by atoms with van der Waals surface area (Å²) in [7, 11) is -3.44. The molecule has 2 atom stereocenters. The van der Waals surface area contributed by atoms with Crippen LogP contribution in [-0.4, -0.2) is 34.3 Å². The first-order valence-electron chi connectivity index (χ1n) is 9.44. The van der Waals surface area contributed by atoms with Gasteiger partial charge in [-0.25, -0.2) is 22.8 Å². The molecule has 2 aromatic carbocycles. The van der Waals surface area contributed by atoms with Crippen molar-refractivity contribution < 1.29 is 17.9 Å². The molecule has 0 radical (unpaired) electrons. The quantitative estimate of drug-likeness (QED) is 0.544. The predicted molar refractivity (Wildman–Crippen MR) is 110 cm³/mol. The fourth-order valence-electron chi connectivity index (χ4n) is 4.06. The summed E-state index contributed by atoms with van der Waals surface area (Å²) in [6, 6.07) is 15.6. The minimum absolute atomic E-state index is 0.0646. The van der Waals surface area contributed by atoms with Crippen molar-refractivity contribution >= 4 is 20.9 Å². The molecule has 1 aliphatic rings. The first kappa shape index (κ1) is 18.9. The van der Waals surface area contributed by atoms with E-state index in [2.05, 4.69) is 9.97 Å². The number of imidazole rings is 1. The average Bonchev–Trinajstić information content (AvgIpc) is 3.24. The maximum atomic E-state index is 14.9. The molecule has 0 fully saturated rings. The van der Waals surface area contributed by atoms with Gasteiger partial charge in [-0.1, -0.05) is 30.3 Å². The van der Waals surface area contributed by atoms with Crippen LogP contribution >= 0.6 is 0 Å². The van der Waals surface area contributed by atoms with Gasteiger partial charge in [-0.2, -0.15) is 0 Å². The monoisotopic (exact) mass is 423 g/mol. The number of halogens is 1. The number of hydrogen-bond donors (Lipinski definition) is 1. The van der Waals surface area contributed by atoms with E-state index in [0.717, 1.165) is 11.8 Å². The van der Waals surface area contributed by atoms with Crippen molar-refractivity contribution in [3.63, 3.8) is 0 Å². The maximum Gasteiger partial charge on any atom is 0.192 e. The summed E-state index contributed by atoms with van der Waals surface area (Å²) in [5, 5.41) is 10.5. The topological polar surface area (TPSA) is 85.1 Å². The van der Waals surface area contributed by atoms with Crippen LogP contribution in [0.3, 0.4) is 0 Å². The zero-order valence-corrected chi connectivity index (χ0v) is 16.8. The highest BCUT2D eigenvalue weighted by Gasteiger charge is 2.34. The molecule has 0 saturated carbocycles. The van der Waals surface area contributed by atoms with Gasteiger partial charge in [0.25, 0.3) is 0 Å². The van der Waals surface area contributed by atoms with E-state index in [0.29, 0.717) is 34.4 Å². The van der Waals surface area contributed by atoms with Crippen molar-refractivity contribution in [2.75, 3.05) is 6.26 Å². The van der Waals surface area contributed by atoms with Gasteiger partial charge in [-0.15, -0.1) is 0 Å². The number of aromatic nitrogens is 3. The molecule has 1 aliphatic heterocycles. The standard InChI is InChI=1S/C22H18FN3O3S/c1-30(28,29)21-8-7-14(12-24-21)15-9-19-17(10-16(15)23)25-22-20(27)11-18(26(19)22)13-5-3-2-4-6-13/h2-10,12,18,20,27H,11H2,1H3/t18-,20?/m0/s1. The van der Waals surface area contributed by atoms with Crippen LogP contribution in [-0.2, 0) is 9.84 Å². The van der Waals surface area contributed by atoms with Gasteiger partial charge in [0.2, 0.25) is 0 Å². The molecule has 5 rings (SSSR count). The van der Waals surface area contributed by atoms with Crippen LogP contribution in [0.25, 0.3) is 22.2 Å². The number of aliphatic hydroxyl groups is 1. The second-order valence-corrected chi connectivity index (χ2v) is 9.46. The molecule has 8 heteroatoms. The summed E-state index contributed by atoms with van der Waals surface area (Å²) in [6.45, 7) is 0. The Labute approximate surface area is 172 Å². The van der Waals surface area contributed by atoms with Crippen molar-refractivity contribution in [1.29, 1.82) is 0 Å². The van der Waals surface area contributed by atoms with E-state index in [9.17, 15) is 17.9 Å². The van der Waals surface area contributed by atoms with E-state index in [1.807, 2.05) is 34.9 Å². The van der Waals surface area contributed by atoms with Crippen LogP contribution in [0.4, 0.5) is 4.39 Å². The Bertz CT molecular complexity index is 1370. The molecule has 2 aromatic heterocycles. The minimum atomic E-state index is -3.44. The lowest BCUT2D eigenvalue weighted by atomic mass is 10.0. The molecule has 1 N–H and O–H groups in total. The van der Waals surface area contributed by atoms with E-state index in [1.54, 1.807) is 12.1 Å². The SMILES string of the molecule is CS(=O)(=O)c1ccc(-c2cc3c(cc2F)nc2n3[C@H](c3ccccc3)CC2O)cn1. The van der Waals surface area contributed by atoms with Gasteiger partial charge in [0.05, 0.1) is 17.1 Å². The van der Waals surface area contributed by atoms with Crippen LogP contribution in [0.2, 0.25) is 0 Å². The lowest BCUT2D eigenvalue weighted by Crippen LogP contribution is -2.05. The summed E-state index contributed by atoms with van der Waals surface area (Å²) in [6.07, 6.45) is 2.20. The van der Waals surface area contributed by atoms with E-state index in [4.69, 9.17) is 0 Å². The molecule has 0 spiro atoms. The van der Waals surface area contributed by atoms with Crippen LogP contribution < -0.4 is 0 Å². The largest absolute Gasteiger partial charge is 0.385 e. The van der Waals surface area contributed by atoms with E-state index >= 15 is 0 Å². The van der Waals surface area contributed by atoms with Gasteiger partial charge in [-0.3, -0.25) is 0 Å². The van der Waals surface area contributed by atoms with Gasteiger partial charge in [0.1, 0.15) is 17.7 Å². The van der Waals surface area contributed by atoms with Gasteiger partial charge in [-0.05, 0) is 23.8 Å². The minimum Gasteiger partial charge on any atom is -0.385 e. The lowest BCUT2D eigenvalue weighted by Gasteiger charge is -2.15. The van der Waals surface area contributed by atoms with Crippen LogP contribution in [0, 0.1) is 5.82 Å². The molecule has 0 bridgehead atoms. The van der Waals surface area contributed by atoms with E-state index in [-0.39, 0.29) is 11.1 Å². The van der Waals surface area contributed by atoms with Gasteiger partial charge in [0, 0.05) is 36.1 Å². The summed E-state index contributed by atoms with van der Waals surface area (Å²) in [5.74, 6) is 0.0277. The molecule has 0 aliphatic carbocycles. The molecule has 1 unspecified atom stereocenters. The first-order chi connectivity index (χ1) is 14.3. The highest BCUT2D eigenvalue weighted by Crippen LogP contribution is 2.42. The second-order valence-electron chi connectivity index (χ2n) is 7.50. The molecular weight excluding hydrogens is 405 g/mol. The molecule has 30 heavy (non-hydrogen) atoms. The fourth-order valence-corrected chi connectivity index (χ4v) is 4.62. The van der Waals surface area contributed by atoms with E-state index in [1.165, 1.54) is 18.3 Å². The lowest BCUT2D eigenvalue weighted by molar-refractivity contribution is 0.172. The number of benzene rings is 2. The van der Waals surface area contributed by atoms with Crippen LogP contribution in [0.1, 0.15) is 30.0 Å². The third-order valence-electron chi connectivity index (χ3n) is 5.47. The van der Waals surface area contributed by atoms with Gasteiger partial charge in [0.15, 0.2) is 14.9 Å². The number of nitrogens with zero attached hydrogens (tertiary/aromatic N) is 3. The smallest absolute Gasteiger partial charge is 0.192 e. The summed E-state index contributed by atoms with van der Waals surface area (Å²) in [4.78, 5) is 8.44. The number of rotatable bonds is 3. The number of fused-ring (bicyclic) bond motifs is 3. The highest BCUT2D eigenvalue weighted by molar-refractivity contribution is 7.90. The molecule has 0 saturated heterocycles. The molecule has 152 valence electrons. The Morgan fingerprint density at radius 2 is 1.90 bits per heavy atom. The highest BCUT2D eigenvalue weighted by atomic mass is 32.2. The Balaban J connectivity index is 1.67. The van der Waals surface area contributed by atoms with Crippen molar-refractivity contribution in [1.82, 2.24) is 14.5 Å². The Hall–Kier alpha value is -3.10. The second kappa shape index (κ2) is 6.72. The maximum absolute atomic E-state index is 14.9. The molecular formula is C22H18FN3O3S. The average molecular weight is 423 g/mol. The van der Waals surface area contributed by atoms with Crippen LogP contribution in [0.15, 0.2) is 65.8 Å². The molecule has 0 amide bonds. The van der Waals surface area contributed by atoms with Gasteiger partial charge < -0.3 is 9.67 Å². The zero-order chi connectivity index (χ0) is 21.0. The van der Waals surface area contributed by atoms with Crippen LogP contribution in [0.5, 0.6) is 0 Å². The summed E-state index contributed by atoms with van der Waals surface area (Å²) < 4.78 is 40.1. The van der Waals surface area contributed by atoms with E-state index < -0.39 is 21.8 Å². The number of pyridine rings is 1. The zero-order valence-electron chi connectivity index (χ0n) is 16.0. The fraction of sp³-hybridized carbons (Fsp3) is 0.182. The number of hydrogen-bond acceptors (Lipinski definition) is 5. The van der Waals surface area contributed by atoms with Crippen molar-refractivity contribution in [2.24, 2.45) is 0 Å². The molecule has 6 nitrogen and oxygen atoms in total. The third kappa shape index (κ3) is 3.00. The number of sulfone groups is 1.